The van der Waals surface area contributed by atoms with Crippen LogP contribution in [-0.2, 0) is 9.59 Å². The highest BCUT2D eigenvalue weighted by Crippen LogP contribution is 2.32. The minimum atomic E-state index is -0.625. The lowest BCUT2D eigenvalue weighted by molar-refractivity contribution is -0.117. The van der Waals surface area contributed by atoms with Crippen molar-refractivity contribution in [1.82, 2.24) is 0 Å². The largest absolute Gasteiger partial charge is 0.325 e. The summed E-state index contributed by atoms with van der Waals surface area (Å²) in [7, 11) is 0. The van der Waals surface area contributed by atoms with Gasteiger partial charge >= 0.3 is 0 Å². The molecule has 2 rings (SSSR count). The first-order valence-corrected chi connectivity index (χ1v) is 6.84. The second kappa shape index (κ2) is 5.80. The van der Waals surface area contributed by atoms with Crippen LogP contribution in [0.2, 0.25) is 5.02 Å². The molecule has 1 aromatic carbocycles. The van der Waals surface area contributed by atoms with E-state index in [9.17, 15) is 9.59 Å². The van der Waals surface area contributed by atoms with E-state index in [-0.39, 0.29) is 17.7 Å². The van der Waals surface area contributed by atoms with Gasteiger partial charge in [-0.1, -0.05) is 11.6 Å². The molecular formula is C13H14Cl2N2O2. The Bertz CT molecular complexity index is 513. The minimum Gasteiger partial charge on any atom is -0.325 e. The van der Waals surface area contributed by atoms with Crippen LogP contribution >= 0.6 is 23.2 Å². The number of rotatable bonds is 4. The molecule has 0 spiro atoms. The van der Waals surface area contributed by atoms with Crippen molar-refractivity contribution >= 4 is 46.4 Å². The molecule has 4 nitrogen and oxygen atoms in total. The monoisotopic (exact) mass is 300 g/mol. The molecule has 0 bridgehead atoms. The van der Waals surface area contributed by atoms with Crippen molar-refractivity contribution in [2.45, 2.75) is 25.1 Å². The van der Waals surface area contributed by atoms with Crippen LogP contribution in [0.3, 0.4) is 0 Å². The van der Waals surface area contributed by atoms with E-state index in [0.717, 1.165) is 12.8 Å². The summed E-state index contributed by atoms with van der Waals surface area (Å²) in [6.45, 7) is 1.59. The molecule has 0 saturated heterocycles. The van der Waals surface area contributed by atoms with Gasteiger partial charge in [-0.2, -0.15) is 0 Å². The zero-order valence-corrected chi connectivity index (χ0v) is 11.9. The number of hydrogen-bond acceptors (Lipinski definition) is 2. The smallest absolute Gasteiger partial charge is 0.242 e. The lowest BCUT2D eigenvalue weighted by atomic mass is 10.2. The summed E-state index contributed by atoms with van der Waals surface area (Å²) in [5, 5.41) is 5.22. The lowest BCUT2D eigenvalue weighted by Gasteiger charge is -2.11. The first-order chi connectivity index (χ1) is 8.97. The summed E-state index contributed by atoms with van der Waals surface area (Å²) in [6, 6.07) is 4.91. The minimum absolute atomic E-state index is 0.0314. The molecule has 1 atom stereocenters. The highest BCUT2D eigenvalue weighted by Gasteiger charge is 2.29. The topological polar surface area (TPSA) is 58.2 Å². The number of anilines is 2. The molecule has 0 aliphatic heterocycles. The maximum Gasteiger partial charge on any atom is 0.242 e. The van der Waals surface area contributed by atoms with Crippen LogP contribution < -0.4 is 10.6 Å². The van der Waals surface area contributed by atoms with Gasteiger partial charge in [0.15, 0.2) is 0 Å². The third kappa shape index (κ3) is 3.85. The Labute approximate surface area is 121 Å². The predicted molar refractivity (Wildman–Crippen MR) is 76.8 cm³/mol. The lowest BCUT2D eigenvalue weighted by Crippen LogP contribution is -2.20. The number of alkyl halides is 1. The van der Waals surface area contributed by atoms with E-state index in [1.54, 1.807) is 25.1 Å². The summed E-state index contributed by atoms with van der Waals surface area (Å²) in [4.78, 5) is 23.2. The molecule has 1 aliphatic carbocycles. The van der Waals surface area contributed by atoms with E-state index in [1.807, 2.05) is 0 Å². The van der Waals surface area contributed by atoms with E-state index >= 15 is 0 Å². The van der Waals surface area contributed by atoms with E-state index in [1.165, 1.54) is 0 Å². The molecule has 0 radical (unpaired) electrons. The summed E-state index contributed by atoms with van der Waals surface area (Å²) < 4.78 is 0. The van der Waals surface area contributed by atoms with Crippen molar-refractivity contribution in [3.05, 3.63) is 23.2 Å². The molecule has 0 heterocycles. The maximum absolute atomic E-state index is 11.7. The Kier molecular flexibility index (Phi) is 4.32. The second-order valence-corrected chi connectivity index (χ2v) is 5.63. The van der Waals surface area contributed by atoms with Crippen molar-refractivity contribution in [2.75, 3.05) is 10.6 Å². The van der Waals surface area contributed by atoms with Gasteiger partial charge in [0.1, 0.15) is 5.38 Å². The zero-order valence-electron chi connectivity index (χ0n) is 10.4. The Morgan fingerprint density at radius 2 is 2.00 bits per heavy atom. The Balaban J connectivity index is 2.09. The second-order valence-electron chi connectivity index (χ2n) is 4.56. The van der Waals surface area contributed by atoms with Gasteiger partial charge < -0.3 is 10.6 Å². The van der Waals surface area contributed by atoms with Gasteiger partial charge in [0.25, 0.3) is 0 Å². The third-order valence-electron chi connectivity index (χ3n) is 2.80. The number of hydrogen-bond donors (Lipinski definition) is 2. The summed E-state index contributed by atoms with van der Waals surface area (Å²) >= 11 is 11.7. The molecule has 0 aromatic heterocycles. The summed E-state index contributed by atoms with van der Waals surface area (Å²) in [5.74, 6) is -0.239. The highest BCUT2D eigenvalue weighted by molar-refractivity contribution is 6.34. The molecule has 102 valence electrons. The molecule has 6 heteroatoms. The molecule has 2 N–H and O–H groups in total. The van der Waals surface area contributed by atoms with Gasteiger partial charge in [-0.15, -0.1) is 11.6 Å². The molecule has 1 unspecified atom stereocenters. The Morgan fingerprint density at radius 3 is 2.58 bits per heavy atom. The van der Waals surface area contributed by atoms with Crippen LogP contribution in [0.15, 0.2) is 18.2 Å². The zero-order chi connectivity index (χ0) is 14.0. The van der Waals surface area contributed by atoms with E-state index in [4.69, 9.17) is 23.2 Å². The van der Waals surface area contributed by atoms with Crippen LogP contribution in [0, 0.1) is 5.92 Å². The van der Waals surface area contributed by atoms with Crippen LogP contribution in [-0.4, -0.2) is 17.2 Å². The highest BCUT2D eigenvalue weighted by atomic mass is 35.5. The number of carbonyl (C=O) groups excluding carboxylic acids is 2. The van der Waals surface area contributed by atoms with Crippen molar-refractivity contribution in [3.63, 3.8) is 0 Å². The summed E-state index contributed by atoms with van der Waals surface area (Å²) in [6.07, 6.45) is 1.84. The van der Waals surface area contributed by atoms with Crippen molar-refractivity contribution in [2.24, 2.45) is 5.92 Å². The Hall–Kier alpha value is -1.26. The fourth-order valence-corrected chi connectivity index (χ4v) is 1.74. The molecule has 1 aromatic rings. The first kappa shape index (κ1) is 14.2. The normalized spacial score (nSPS) is 15.7. The number of benzene rings is 1. The van der Waals surface area contributed by atoms with Crippen molar-refractivity contribution < 1.29 is 9.59 Å². The quantitative estimate of drug-likeness (QED) is 0.839. The van der Waals surface area contributed by atoms with Crippen LogP contribution in [0.25, 0.3) is 0 Å². The van der Waals surface area contributed by atoms with E-state index < -0.39 is 5.38 Å². The van der Waals surface area contributed by atoms with Gasteiger partial charge in [0.2, 0.25) is 11.8 Å². The fraction of sp³-hybridized carbons (Fsp3) is 0.385. The predicted octanol–water partition coefficient (Wildman–Crippen LogP) is 3.25. The summed E-state index contributed by atoms with van der Waals surface area (Å²) in [5.41, 5.74) is 1.05. The van der Waals surface area contributed by atoms with Gasteiger partial charge in [-0.05, 0) is 38.0 Å². The molecule has 2 amide bonds. The third-order valence-corrected chi connectivity index (χ3v) is 3.33. The number of halogens is 2. The standard InChI is InChI=1S/C13H14Cl2N2O2/c1-7(14)12(18)16-9-4-5-10(15)11(6-9)17-13(19)8-2-3-8/h4-8H,2-3H2,1H3,(H,16,18)(H,17,19). The number of carbonyl (C=O) groups is 2. The van der Waals surface area contributed by atoms with Gasteiger partial charge in [-0.3, -0.25) is 9.59 Å². The van der Waals surface area contributed by atoms with Gasteiger partial charge in [0.05, 0.1) is 10.7 Å². The van der Waals surface area contributed by atoms with Crippen molar-refractivity contribution in [1.29, 1.82) is 0 Å². The average molecular weight is 301 g/mol. The molecule has 1 aliphatic rings. The molecule has 1 fully saturated rings. The number of nitrogens with one attached hydrogen (secondary N) is 2. The molecule has 1 saturated carbocycles. The van der Waals surface area contributed by atoms with E-state index in [0.29, 0.717) is 16.4 Å². The average Bonchev–Trinajstić information content (AvgIpc) is 3.17. The Morgan fingerprint density at radius 1 is 1.32 bits per heavy atom. The van der Waals surface area contributed by atoms with Gasteiger partial charge in [-0.25, -0.2) is 0 Å². The maximum atomic E-state index is 11.7. The SMILES string of the molecule is CC(Cl)C(=O)Nc1ccc(Cl)c(NC(=O)C2CC2)c1. The van der Waals surface area contributed by atoms with Gasteiger partial charge in [0, 0.05) is 11.6 Å². The van der Waals surface area contributed by atoms with Crippen LogP contribution in [0.4, 0.5) is 11.4 Å². The van der Waals surface area contributed by atoms with Crippen LogP contribution in [0.1, 0.15) is 19.8 Å². The molecular weight excluding hydrogens is 287 g/mol. The number of amides is 2. The molecule has 19 heavy (non-hydrogen) atoms. The van der Waals surface area contributed by atoms with Crippen molar-refractivity contribution in [3.8, 4) is 0 Å². The van der Waals surface area contributed by atoms with E-state index in [2.05, 4.69) is 10.6 Å². The fourth-order valence-electron chi connectivity index (χ4n) is 1.52. The first-order valence-electron chi connectivity index (χ1n) is 6.02. The van der Waals surface area contributed by atoms with Crippen LogP contribution in [0.5, 0.6) is 0 Å².